The van der Waals surface area contributed by atoms with Gasteiger partial charge in [-0.1, -0.05) is 12.8 Å². The second kappa shape index (κ2) is 7.65. The van der Waals surface area contributed by atoms with Gasteiger partial charge in [0.05, 0.1) is 11.4 Å². The Labute approximate surface area is 151 Å². The molecule has 3 rings (SSSR count). The van der Waals surface area contributed by atoms with Gasteiger partial charge in [-0.2, -0.15) is 0 Å². The number of carbonyl (C=O) groups is 2. The molecule has 0 aliphatic heterocycles. The molecule has 1 fully saturated rings. The molecule has 3 N–H and O–H groups in total. The Morgan fingerprint density at radius 3 is 2.52 bits per heavy atom. The normalized spacial score (nSPS) is 14.3. The van der Waals surface area contributed by atoms with Crippen LogP contribution in [0.4, 0.5) is 16.5 Å². The topological polar surface area (TPSA) is 83.1 Å². The van der Waals surface area contributed by atoms with E-state index in [4.69, 9.17) is 0 Å². The minimum Gasteiger partial charge on any atom is -0.359 e. The Kier molecular flexibility index (Phi) is 5.33. The van der Waals surface area contributed by atoms with Crippen LogP contribution in [0.1, 0.15) is 39.5 Å². The largest absolute Gasteiger partial charge is 0.359 e. The van der Waals surface area contributed by atoms with E-state index in [1.165, 1.54) is 39.5 Å². The number of nitrogens with zero attached hydrogens (tertiary/aromatic N) is 1. The number of amides is 2. The zero-order valence-electron chi connectivity index (χ0n) is 14.4. The number of carbonyl (C=O) groups excluding carboxylic acids is 2. The number of thiazole rings is 1. The SMILES string of the molecule is CC(=O)Nc1ccc(-c2csc(NC3CCCC3)n2)c(NC(C)=O)c1. The Bertz CT molecular complexity index is 781. The van der Waals surface area contributed by atoms with Crippen LogP contribution < -0.4 is 16.0 Å². The molecule has 1 saturated carbocycles. The van der Waals surface area contributed by atoms with Crippen molar-refractivity contribution in [2.24, 2.45) is 0 Å². The van der Waals surface area contributed by atoms with E-state index in [-0.39, 0.29) is 11.8 Å². The van der Waals surface area contributed by atoms with Crippen LogP contribution in [0.5, 0.6) is 0 Å². The van der Waals surface area contributed by atoms with Crippen LogP contribution in [0.2, 0.25) is 0 Å². The first-order valence-electron chi connectivity index (χ1n) is 8.43. The highest BCUT2D eigenvalue weighted by atomic mass is 32.1. The molecule has 0 unspecified atom stereocenters. The number of benzene rings is 1. The number of nitrogens with one attached hydrogen (secondary N) is 3. The maximum Gasteiger partial charge on any atom is 0.221 e. The van der Waals surface area contributed by atoms with E-state index < -0.39 is 0 Å². The molecule has 1 aliphatic carbocycles. The van der Waals surface area contributed by atoms with Gasteiger partial charge in [-0.3, -0.25) is 9.59 Å². The maximum absolute atomic E-state index is 11.5. The van der Waals surface area contributed by atoms with Crippen molar-refractivity contribution in [3.05, 3.63) is 23.6 Å². The highest BCUT2D eigenvalue weighted by Crippen LogP contribution is 2.34. The van der Waals surface area contributed by atoms with Gasteiger partial charge in [0.25, 0.3) is 0 Å². The lowest BCUT2D eigenvalue weighted by atomic mass is 10.1. The molecule has 0 saturated heterocycles. The van der Waals surface area contributed by atoms with E-state index >= 15 is 0 Å². The third kappa shape index (κ3) is 4.57. The minimum atomic E-state index is -0.166. The highest BCUT2D eigenvalue weighted by molar-refractivity contribution is 7.14. The quantitative estimate of drug-likeness (QED) is 0.752. The zero-order valence-corrected chi connectivity index (χ0v) is 15.2. The molecule has 132 valence electrons. The molecule has 2 aromatic rings. The van der Waals surface area contributed by atoms with E-state index in [2.05, 4.69) is 20.9 Å². The molecule has 1 heterocycles. The van der Waals surface area contributed by atoms with E-state index in [1.807, 2.05) is 17.5 Å². The summed E-state index contributed by atoms with van der Waals surface area (Å²) in [6.07, 6.45) is 4.93. The smallest absolute Gasteiger partial charge is 0.221 e. The van der Waals surface area contributed by atoms with Crippen molar-refractivity contribution in [3.8, 4) is 11.3 Å². The molecular weight excluding hydrogens is 336 g/mol. The van der Waals surface area contributed by atoms with Crippen molar-refractivity contribution in [2.45, 2.75) is 45.6 Å². The first-order valence-corrected chi connectivity index (χ1v) is 9.31. The summed E-state index contributed by atoms with van der Waals surface area (Å²) in [6.45, 7) is 2.91. The predicted octanol–water partition coefficient (Wildman–Crippen LogP) is 4.08. The van der Waals surface area contributed by atoms with Gasteiger partial charge in [0.1, 0.15) is 0 Å². The molecule has 0 bridgehead atoms. The number of rotatable bonds is 5. The van der Waals surface area contributed by atoms with Crippen LogP contribution in [0.3, 0.4) is 0 Å². The van der Waals surface area contributed by atoms with Gasteiger partial charge >= 0.3 is 0 Å². The molecule has 0 spiro atoms. The summed E-state index contributed by atoms with van der Waals surface area (Å²) in [7, 11) is 0. The third-order valence-corrected chi connectivity index (χ3v) is 4.89. The van der Waals surface area contributed by atoms with Gasteiger partial charge in [0, 0.05) is 36.5 Å². The first-order chi connectivity index (χ1) is 12.0. The molecule has 1 aliphatic rings. The fourth-order valence-corrected chi connectivity index (χ4v) is 3.84. The van der Waals surface area contributed by atoms with Crippen molar-refractivity contribution in [3.63, 3.8) is 0 Å². The standard InChI is InChI=1S/C18H22N4O2S/c1-11(23)19-14-7-8-15(16(9-14)20-12(2)24)17-10-25-18(22-17)21-13-5-3-4-6-13/h7-10,13H,3-6H2,1-2H3,(H,19,23)(H,20,24)(H,21,22). The van der Waals surface area contributed by atoms with Crippen LogP contribution in [0.25, 0.3) is 11.3 Å². The predicted molar refractivity (Wildman–Crippen MR) is 102 cm³/mol. The molecule has 2 amide bonds. The second-order valence-corrected chi connectivity index (χ2v) is 7.14. The Balaban J connectivity index is 1.85. The van der Waals surface area contributed by atoms with Gasteiger partial charge in [-0.15, -0.1) is 11.3 Å². The lowest BCUT2D eigenvalue weighted by Gasteiger charge is -2.12. The monoisotopic (exact) mass is 358 g/mol. The Morgan fingerprint density at radius 1 is 1.12 bits per heavy atom. The average Bonchev–Trinajstić information content (AvgIpc) is 3.19. The Hall–Kier alpha value is -2.41. The van der Waals surface area contributed by atoms with Crippen LogP contribution >= 0.6 is 11.3 Å². The van der Waals surface area contributed by atoms with Crippen molar-refractivity contribution >= 4 is 39.7 Å². The fraction of sp³-hybridized carbons (Fsp3) is 0.389. The van der Waals surface area contributed by atoms with E-state index in [9.17, 15) is 9.59 Å². The van der Waals surface area contributed by atoms with Crippen LogP contribution in [0.15, 0.2) is 23.6 Å². The molecule has 1 aromatic carbocycles. The van der Waals surface area contributed by atoms with Crippen molar-refractivity contribution in [1.82, 2.24) is 4.98 Å². The summed E-state index contributed by atoms with van der Waals surface area (Å²) in [6, 6.07) is 5.94. The molecule has 0 atom stereocenters. The number of hydrogen-bond acceptors (Lipinski definition) is 5. The Morgan fingerprint density at radius 2 is 1.84 bits per heavy atom. The van der Waals surface area contributed by atoms with Gasteiger partial charge in [-0.25, -0.2) is 4.98 Å². The van der Waals surface area contributed by atoms with Crippen LogP contribution in [0, 0.1) is 0 Å². The zero-order chi connectivity index (χ0) is 17.8. The van der Waals surface area contributed by atoms with E-state index in [0.29, 0.717) is 17.4 Å². The summed E-state index contributed by atoms with van der Waals surface area (Å²) in [4.78, 5) is 27.5. The summed E-state index contributed by atoms with van der Waals surface area (Å²) in [5, 5.41) is 11.9. The maximum atomic E-state index is 11.5. The van der Waals surface area contributed by atoms with Crippen molar-refractivity contribution < 1.29 is 9.59 Å². The van der Waals surface area contributed by atoms with Crippen LogP contribution in [-0.2, 0) is 9.59 Å². The van der Waals surface area contributed by atoms with Crippen molar-refractivity contribution in [1.29, 1.82) is 0 Å². The van der Waals surface area contributed by atoms with Gasteiger partial charge in [0.2, 0.25) is 11.8 Å². The second-order valence-electron chi connectivity index (χ2n) is 6.29. The minimum absolute atomic E-state index is 0.154. The summed E-state index contributed by atoms with van der Waals surface area (Å²) in [5.74, 6) is -0.320. The summed E-state index contributed by atoms with van der Waals surface area (Å²) >= 11 is 1.57. The fourth-order valence-electron chi connectivity index (χ4n) is 3.05. The average molecular weight is 358 g/mol. The van der Waals surface area contributed by atoms with Gasteiger partial charge < -0.3 is 16.0 Å². The van der Waals surface area contributed by atoms with Crippen LogP contribution in [-0.4, -0.2) is 22.8 Å². The molecule has 1 aromatic heterocycles. The number of hydrogen-bond donors (Lipinski definition) is 3. The van der Waals surface area contributed by atoms with Crippen molar-refractivity contribution in [2.75, 3.05) is 16.0 Å². The molecular formula is C18H22N4O2S. The van der Waals surface area contributed by atoms with E-state index in [1.54, 1.807) is 17.4 Å². The lowest BCUT2D eigenvalue weighted by molar-refractivity contribution is -0.115. The molecule has 25 heavy (non-hydrogen) atoms. The first kappa shape index (κ1) is 17.4. The highest BCUT2D eigenvalue weighted by Gasteiger charge is 2.17. The molecule has 0 radical (unpaired) electrons. The lowest BCUT2D eigenvalue weighted by Crippen LogP contribution is -2.14. The third-order valence-electron chi connectivity index (χ3n) is 4.11. The number of anilines is 3. The van der Waals surface area contributed by atoms with Gasteiger partial charge in [0.15, 0.2) is 5.13 Å². The number of aromatic nitrogens is 1. The van der Waals surface area contributed by atoms with E-state index in [0.717, 1.165) is 16.4 Å². The summed E-state index contributed by atoms with van der Waals surface area (Å²) < 4.78 is 0. The molecule has 6 nitrogen and oxygen atoms in total. The summed E-state index contributed by atoms with van der Waals surface area (Å²) in [5.41, 5.74) is 2.92. The van der Waals surface area contributed by atoms with Gasteiger partial charge in [-0.05, 0) is 31.0 Å². The molecule has 7 heteroatoms.